The van der Waals surface area contributed by atoms with E-state index < -0.39 is 0 Å². The number of piperazine rings is 1. The third kappa shape index (κ3) is 0.687. The number of rotatable bonds is 0. The molecule has 0 radical (unpaired) electrons. The van der Waals surface area contributed by atoms with Gasteiger partial charge in [0.05, 0.1) is 5.54 Å². The maximum atomic E-state index is 3.51. The van der Waals surface area contributed by atoms with Gasteiger partial charge in [-0.3, -0.25) is 0 Å². The number of piperidine rings is 1. The molecule has 0 aromatic carbocycles. The zero-order valence-corrected chi connectivity index (χ0v) is 6.84. The van der Waals surface area contributed by atoms with Crippen LogP contribution in [0.15, 0.2) is 0 Å². The molecule has 3 heterocycles. The Bertz CT molecular complexity index is 172. The Labute approximate surface area is 67.3 Å². The summed E-state index contributed by atoms with van der Waals surface area (Å²) in [6, 6.07) is 0. The maximum absolute atomic E-state index is 3.51. The number of nitrogens with one attached hydrogen (secondary N) is 1. The molecule has 62 valence electrons. The summed E-state index contributed by atoms with van der Waals surface area (Å²) in [5, 5.41) is 8.66. The highest BCUT2D eigenvalue weighted by molar-refractivity contribution is 5.04. The first-order valence-electron chi connectivity index (χ1n) is 4.64. The Morgan fingerprint density at radius 3 is 2.64 bits per heavy atom. The standard InChI is InChI=1S/C8H15N3/c1-4-10-5-2-8(1)7-9-3-6-11(8)10/h9H,1-7H2. The molecule has 3 aliphatic heterocycles. The van der Waals surface area contributed by atoms with Gasteiger partial charge in [0, 0.05) is 32.7 Å². The predicted molar refractivity (Wildman–Crippen MR) is 43.1 cm³/mol. The van der Waals surface area contributed by atoms with Gasteiger partial charge in [-0.15, -0.1) is 0 Å². The lowest BCUT2D eigenvalue weighted by Crippen LogP contribution is -2.56. The normalized spacial score (nSPS) is 49.6. The number of nitrogens with zero attached hydrogens (tertiary/aromatic N) is 2. The third-order valence-corrected chi connectivity index (χ3v) is 3.51. The topological polar surface area (TPSA) is 18.5 Å². The summed E-state index contributed by atoms with van der Waals surface area (Å²) in [5.74, 6) is 0. The maximum Gasteiger partial charge on any atom is 0.0506 e. The van der Waals surface area contributed by atoms with Crippen molar-refractivity contribution in [3.63, 3.8) is 0 Å². The van der Waals surface area contributed by atoms with Crippen molar-refractivity contribution in [2.75, 3.05) is 32.7 Å². The molecule has 0 aliphatic carbocycles. The van der Waals surface area contributed by atoms with E-state index in [1.54, 1.807) is 0 Å². The van der Waals surface area contributed by atoms with Crippen LogP contribution in [0.3, 0.4) is 0 Å². The highest BCUT2D eigenvalue weighted by Gasteiger charge is 2.51. The first kappa shape index (κ1) is 6.40. The van der Waals surface area contributed by atoms with Gasteiger partial charge >= 0.3 is 0 Å². The predicted octanol–water partition coefficient (Wildman–Crippen LogP) is -0.345. The molecule has 0 unspecified atom stereocenters. The molecule has 3 heteroatoms. The minimum atomic E-state index is 0.554. The molecule has 0 spiro atoms. The van der Waals surface area contributed by atoms with E-state index in [9.17, 15) is 0 Å². The Morgan fingerprint density at radius 2 is 1.91 bits per heavy atom. The SMILES string of the molecule is C1CN2N3CCC2(CC3)CN1. The van der Waals surface area contributed by atoms with E-state index >= 15 is 0 Å². The lowest BCUT2D eigenvalue weighted by Gasteiger charge is -2.38. The fraction of sp³-hybridized carbons (Fsp3) is 1.00. The lowest BCUT2D eigenvalue weighted by atomic mass is 9.90. The Kier molecular flexibility index (Phi) is 1.15. The van der Waals surface area contributed by atoms with Crippen LogP contribution in [0.5, 0.6) is 0 Å². The van der Waals surface area contributed by atoms with Crippen LogP contribution in [-0.2, 0) is 0 Å². The summed E-state index contributed by atoms with van der Waals surface area (Å²) in [5.41, 5.74) is 0.554. The van der Waals surface area contributed by atoms with Crippen molar-refractivity contribution in [2.24, 2.45) is 0 Å². The van der Waals surface area contributed by atoms with Crippen LogP contribution < -0.4 is 5.32 Å². The molecule has 0 aromatic heterocycles. The highest BCUT2D eigenvalue weighted by Crippen LogP contribution is 2.39. The largest absolute Gasteiger partial charge is 0.314 e. The summed E-state index contributed by atoms with van der Waals surface area (Å²) in [6.07, 6.45) is 2.78. The van der Waals surface area contributed by atoms with Gasteiger partial charge in [0.2, 0.25) is 0 Å². The van der Waals surface area contributed by atoms with Crippen molar-refractivity contribution in [1.29, 1.82) is 0 Å². The molecule has 0 atom stereocenters. The van der Waals surface area contributed by atoms with E-state index in [0.717, 1.165) is 0 Å². The van der Waals surface area contributed by atoms with E-state index in [4.69, 9.17) is 0 Å². The fourth-order valence-corrected chi connectivity index (χ4v) is 2.86. The van der Waals surface area contributed by atoms with Crippen molar-refractivity contribution in [3.05, 3.63) is 0 Å². The number of hydrazine groups is 1. The van der Waals surface area contributed by atoms with Gasteiger partial charge < -0.3 is 5.32 Å². The molecule has 11 heavy (non-hydrogen) atoms. The van der Waals surface area contributed by atoms with Crippen LogP contribution in [0.2, 0.25) is 0 Å². The molecule has 2 bridgehead atoms. The number of hydrogen-bond donors (Lipinski definition) is 1. The summed E-state index contributed by atoms with van der Waals surface area (Å²) in [4.78, 5) is 0. The molecule has 0 aromatic rings. The van der Waals surface area contributed by atoms with E-state index in [1.807, 2.05) is 0 Å². The molecule has 3 fully saturated rings. The Hall–Kier alpha value is -0.120. The molecule has 1 N–H and O–H groups in total. The van der Waals surface area contributed by atoms with Gasteiger partial charge in [-0.05, 0) is 12.8 Å². The monoisotopic (exact) mass is 153 g/mol. The molecule has 3 nitrogen and oxygen atoms in total. The second kappa shape index (κ2) is 1.97. The average Bonchev–Trinajstić information content (AvgIpc) is 2.58. The molecular weight excluding hydrogens is 138 g/mol. The highest BCUT2D eigenvalue weighted by atomic mass is 15.7. The zero-order valence-electron chi connectivity index (χ0n) is 6.84. The minimum Gasteiger partial charge on any atom is -0.314 e. The van der Waals surface area contributed by atoms with E-state index in [-0.39, 0.29) is 0 Å². The molecule has 3 aliphatic rings. The summed E-state index contributed by atoms with van der Waals surface area (Å²) >= 11 is 0. The fourth-order valence-electron chi connectivity index (χ4n) is 2.86. The quantitative estimate of drug-likeness (QED) is 0.513. The number of hydrogen-bond acceptors (Lipinski definition) is 3. The van der Waals surface area contributed by atoms with E-state index in [2.05, 4.69) is 15.3 Å². The van der Waals surface area contributed by atoms with Gasteiger partial charge in [0.25, 0.3) is 0 Å². The van der Waals surface area contributed by atoms with Crippen LogP contribution in [0.4, 0.5) is 0 Å². The minimum absolute atomic E-state index is 0.554. The van der Waals surface area contributed by atoms with Gasteiger partial charge in [0.1, 0.15) is 0 Å². The molecule has 3 rings (SSSR count). The molecule has 0 saturated carbocycles. The summed E-state index contributed by atoms with van der Waals surface area (Å²) in [6.45, 7) is 6.26. The second-order valence-electron chi connectivity index (χ2n) is 3.98. The first-order chi connectivity index (χ1) is 5.41. The van der Waals surface area contributed by atoms with Crippen LogP contribution in [0, 0.1) is 0 Å². The molecule has 0 amide bonds. The van der Waals surface area contributed by atoms with Crippen LogP contribution >= 0.6 is 0 Å². The first-order valence-corrected chi connectivity index (χ1v) is 4.64. The van der Waals surface area contributed by atoms with Crippen molar-refractivity contribution < 1.29 is 0 Å². The van der Waals surface area contributed by atoms with Gasteiger partial charge in [-0.2, -0.15) is 0 Å². The van der Waals surface area contributed by atoms with E-state index in [1.165, 1.54) is 45.6 Å². The van der Waals surface area contributed by atoms with Gasteiger partial charge in [0.15, 0.2) is 0 Å². The van der Waals surface area contributed by atoms with Crippen LogP contribution in [-0.4, -0.2) is 48.3 Å². The lowest BCUT2D eigenvalue weighted by molar-refractivity contribution is -0.000394. The third-order valence-electron chi connectivity index (χ3n) is 3.51. The van der Waals surface area contributed by atoms with Crippen LogP contribution in [0.25, 0.3) is 0 Å². The second-order valence-corrected chi connectivity index (χ2v) is 3.98. The van der Waals surface area contributed by atoms with Crippen molar-refractivity contribution in [3.8, 4) is 0 Å². The van der Waals surface area contributed by atoms with Gasteiger partial charge in [-0.25, -0.2) is 10.0 Å². The smallest absolute Gasteiger partial charge is 0.0506 e. The Balaban J connectivity index is 1.94. The molecule has 3 saturated heterocycles. The van der Waals surface area contributed by atoms with Crippen LogP contribution in [0.1, 0.15) is 12.8 Å². The van der Waals surface area contributed by atoms with Crippen molar-refractivity contribution in [2.45, 2.75) is 18.4 Å². The summed E-state index contributed by atoms with van der Waals surface area (Å²) in [7, 11) is 0. The zero-order chi connectivity index (χ0) is 7.31. The van der Waals surface area contributed by atoms with E-state index in [0.29, 0.717) is 5.54 Å². The molecular formula is C8H15N3. The average molecular weight is 153 g/mol. The van der Waals surface area contributed by atoms with Gasteiger partial charge in [-0.1, -0.05) is 0 Å². The Morgan fingerprint density at radius 1 is 1.09 bits per heavy atom. The van der Waals surface area contributed by atoms with Crippen molar-refractivity contribution in [1.82, 2.24) is 15.3 Å². The summed E-state index contributed by atoms with van der Waals surface area (Å²) < 4.78 is 0. The van der Waals surface area contributed by atoms with Crippen molar-refractivity contribution >= 4 is 0 Å².